The fraction of sp³-hybridized carbons (Fsp3) is 0.545. The molecule has 0 radical (unpaired) electrons. The van der Waals surface area contributed by atoms with Gasteiger partial charge in [0, 0.05) is 22.8 Å². The first kappa shape index (κ1) is 11.2. The topological polar surface area (TPSA) is 35.8 Å². The van der Waals surface area contributed by atoms with Crippen molar-refractivity contribution in [3.8, 4) is 6.07 Å². The molecular formula is C11H16N2S. The Morgan fingerprint density at radius 3 is 2.79 bits per heavy atom. The van der Waals surface area contributed by atoms with Crippen molar-refractivity contribution in [1.82, 2.24) is 5.32 Å². The number of rotatable bonds is 4. The van der Waals surface area contributed by atoms with E-state index >= 15 is 0 Å². The Morgan fingerprint density at radius 2 is 2.29 bits per heavy atom. The number of nitrogens with one attached hydrogen (secondary N) is 1. The molecule has 1 unspecified atom stereocenters. The second kappa shape index (κ2) is 5.14. The maximum atomic E-state index is 8.59. The van der Waals surface area contributed by atoms with Crippen LogP contribution in [0.4, 0.5) is 0 Å². The van der Waals surface area contributed by atoms with Crippen LogP contribution in [-0.2, 0) is 6.54 Å². The lowest BCUT2D eigenvalue weighted by Crippen LogP contribution is -2.19. The molecule has 0 aliphatic heterocycles. The molecule has 1 aromatic rings. The molecule has 0 saturated carbocycles. The number of aryl methyl sites for hydroxylation is 2. The van der Waals surface area contributed by atoms with Gasteiger partial charge in [-0.1, -0.05) is 0 Å². The van der Waals surface area contributed by atoms with Crippen molar-refractivity contribution in [3.63, 3.8) is 0 Å². The van der Waals surface area contributed by atoms with Gasteiger partial charge in [-0.05, 0) is 32.4 Å². The molecule has 14 heavy (non-hydrogen) atoms. The molecule has 3 heteroatoms. The van der Waals surface area contributed by atoms with E-state index in [2.05, 4.69) is 31.3 Å². The molecule has 0 aliphatic carbocycles. The standard InChI is InChI=1S/C11H16N2S/c1-8(5-12)6-13-7-11-4-9(2)10(3)14-11/h4,8,13H,6-7H2,1-3H3. The molecule has 1 atom stereocenters. The maximum absolute atomic E-state index is 8.59. The highest BCUT2D eigenvalue weighted by molar-refractivity contribution is 7.12. The monoisotopic (exact) mass is 208 g/mol. The second-order valence-electron chi connectivity index (χ2n) is 3.61. The van der Waals surface area contributed by atoms with Gasteiger partial charge in [0.2, 0.25) is 0 Å². The van der Waals surface area contributed by atoms with Gasteiger partial charge < -0.3 is 5.32 Å². The fourth-order valence-corrected chi connectivity index (χ4v) is 2.22. The Kier molecular flexibility index (Phi) is 4.12. The Labute approximate surface area is 89.6 Å². The zero-order valence-corrected chi connectivity index (χ0v) is 9.74. The fourth-order valence-electron chi connectivity index (χ4n) is 1.19. The van der Waals surface area contributed by atoms with Crippen LogP contribution in [0, 0.1) is 31.1 Å². The Hall–Kier alpha value is -0.850. The normalized spacial score (nSPS) is 12.4. The quantitative estimate of drug-likeness (QED) is 0.825. The first-order chi connectivity index (χ1) is 6.63. The van der Waals surface area contributed by atoms with Gasteiger partial charge in [-0.25, -0.2) is 0 Å². The van der Waals surface area contributed by atoms with Gasteiger partial charge in [-0.15, -0.1) is 11.3 Å². The molecular weight excluding hydrogens is 192 g/mol. The lowest BCUT2D eigenvalue weighted by Gasteiger charge is -2.03. The van der Waals surface area contributed by atoms with Crippen LogP contribution < -0.4 is 5.32 Å². The highest BCUT2D eigenvalue weighted by Crippen LogP contribution is 2.20. The van der Waals surface area contributed by atoms with E-state index in [1.807, 2.05) is 18.3 Å². The van der Waals surface area contributed by atoms with Gasteiger partial charge >= 0.3 is 0 Å². The predicted molar refractivity (Wildman–Crippen MR) is 60.3 cm³/mol. The van der Waals surface area contributed by atoms with Crippen molar-refractivity contribution in [2.75, 3.05) is 6.54 Å². The van der Waals surface area contributed by atoms with Crippen molar-refractivity contribution < 1.29 is 0 Å². The minimum atomic E-state index is 0.0946. The summed E-state index contributed by atoms with van der Waals surface area (Å²) < 4.78 is 0. The average molecular weight is 208 g/mol. The third kappa shape index (κ3) is 3.13. The van der Waals surface area contributed by atoms with Crippen molar-refractivity contribution in [2.24, 2.45) is 5.92 Å². The molecule has 0 amide bonds. The van der Waals surface area contributed by atoms with E-state index in [9.17, 15) is 0 Å². The zero-order chi connectivity index (χ0) is 10.6. The number of nitriles is 1. The van der Waals surface area contributed by atoms with Crippen molar-refractivity contribution in [1.29, 1.82) is 5.26 Å². The van der Waals surface area contributed by atoms with Crippen LogP contribution in [0.1, 0.15) is 22.2 Å². The van der Waals surface area contributed by atoms with Crippen LogP contribution in [0.15, 0.2) is 6.07 Å². The van der Waals surface area contributed by atoms with Gasteiger partial charge in [0.25, 0.3) is 0 Å². The summed E-state index contributed by atoms with van der Waals surface area (Å²) in [6.45, 7) is 7.85. The summed E-state index contributed by atoms with van der Waals surface area (Å²) in [5.41, 5.74) is 1.36. The molecule has 0 saturated heterocycles. The summed E-state index contributed by atoms with van der Waals surface area (Å²) in [6.07, 6.45) is 0. The third-order valence-electron chi connectivity index (χ3n) is 2.19. The van der Waals surface area contributed by atoms with Crippen molar-refractivity contribution in [3.05, 3.63) is 21.4 Å². The minimum absolute atomic E-state index is 0.0946. The van der Waals surface area contributed by atoms with Crippen LogP contribution >= 0.6 is 11.3 Å². The minimum Gasteiger partial charge on any atom is -0.311 e. The SMILES string of the molecule is Cc1cc(CNCC(C)C#N)sc1C. The van der Waals surface area contributed by atoms with Gasteiger partial charge in [0.15, 0.2) is 0 Å². The van der Waals surface area contributed by atoms with Crippen LogP contribution in [0.2, 0.25) is 0 Å². The summed E-state index contributed by atoms with van der Waals surface area (Å²) in [6, 6.07) is 4.42. The smallest absolute Gasteiger partial charge is 0.0666 e. The van der Waals surface area contributed by atoms with Gasteiger partial charge in [0.1, 0.15) is 0 Å². The maximum Gasteiger partial charge on any atom is 0.0666 e. The Morgan fingerprint density at radius 1 is 1.57 bits per heavy atom. The summed E-state index contributed by atoms with van der Waals surface area (Å²) in [5, 5.41) is 11.9. The number of hydrogen-bond donors (Lipinski definition) is 1. The predicted octanol–water partition coefficient (Wildman–Crippen LogP) is 2.61. The van der Waals surface area contributed by atoms with Crippen LogP contribution in [0.25, 0.3) is 0 Å². The van der Waals surface area contributed by atoms with E-state index < -0.39 is 0 Å². The largest absolute Gasteiger partial charge is 0.311 e. The van der Waals surface area contributed by atoms with Crippen LogP contribution in [-0.4, -0.2) is 6.54 Å². The lowest BCUT2D eigenvalue weighted by molar-refractivity contribution is 0.605. The summed E-state index contributed by atoms with van der Waals surface area (Å²) in [7, 11) is 0. The average Bonchev–Trinajstić information content (AvgIpc) is 2.46. The Bertz CT molecular complexity index is 316. The molecule has 1 aromatic heterocycles. The molecule has 1 N–H and O–H groups in total. The summed E-state index contributed by atoms with van der Waals surface area (Å²) >= 11 is 1.83. The van der Waals surface area contributed by atoms with E-state index in [0.29, 0.717) is 0 Å². The molecule has 0 spiro atoms. The van der Waals surface area contributed by atoms with Crippen LogP contribution in [0.5, 0.6) is 0 Å². The third-order valence-corrected chi connectivity index (χ3v) is 3.34. The molecule has 0 aliphatic rings. The van der Waals surface area contributed by atoms with Gasteiger partial charge in [-0.2, -0.15) is 5.26 Å². The molecule has 2 nitrogen and oxygen atoms in total. The first-order valence-electron chi connectivity index (χ1n) is 4.79. The second-order valence-corrected chi connectivity index (χ2v) is 4.95. The molecule has 76 valence electrons. The van der Waals surface area contributed by atoms with E-state index in [1.54, 1.807) is 0 Å². The zero-order valence-electron chi connectivity index (χ0n) is 8.92. The molecule has 0 bridgehead atoms. The molecule has 1 heterocycles. The highest BCUT2D eigenvalue weighted by atomic mass is 32.1. The first-order valence-corrected chi connectivity index (χ1v) is 5.61. The van der Waals surface area contributed by atoms with E-state index in [-0.39, 0.29) is 5.92 Å². The van der Waals surface area contributed by atoms with Gasteiger partial charge in [0.05, 0.1) is 12.0 Å². The number of nitrogens with zero attached hydrogens (tertiary/aromatic N) is 1. The molecule has 1 rings (SSSR count). The van der Waals surface area contributed by atoms with Crippen LogP contribution in [0.3, 0.4) is 0 Å². The number of thiophene rings is 1. The van der Waals surface area contributed by atoms with E-state index in [1.165, 1.54) is 15.3 Å². The molecule has 0 aromatic carbocycles. The van der Waals surface area contributed by atoms with E-state index in [0.717, 1.165) is 13.1 Å². The summed E-state index contributed by atoms with van der Waals surface area (Å²) in [5.74, 6) is 0.0946. The summed E-state index contributed by atoms with van der Waals surface area (Å²) in [4.78, 5) is 2.74. The van der Waals surface area contributed by atoms with Gasteiger partial charge in [-0.3, -0.25) is 0 Å². The van der Waals surface area contributed by atoms with E-state index in [4.69, 9.17) is 5.26 Å². The van der Waals surface area contributed by atoms with Crippen molar-refractivity contribution in [2.45, 2.75) is 27.3 Å². The lowest BCUT2D eigenvalue weighted by atomic mass is 10.2. The highest BCUT2D eigenvalue weighted by Gasteiger charge is 2.02. The molecule has 0 fully saturated rings. The van der Waals surface area contributed by atoms with Crippen molar-refractivity contribution >= 4 is 11.3 Å². The Balaban J connectivity index is 2.36. The number of hydrogen-bond acceptors (Lipinski definition) is 3.